The first-order chi connectivity index (χ1) is 10.6. The van der Waals surface area contributed by atoms with Gasteiger partial charge in [0.25, 0.3) is 0 Å². The summed E-state index contributed by atoms with van der Waals surface area (Å²) in [4.78, 5) is 12.7. The summed E-state index contributed by atoms with van der Waals surface area (Å²) in [7, 11) is 1.63. The van der Waals surface area contributed by atoms with Gasteiger partial charge in [0, 0.05) is 5.57 Å². The quantitative estimate of drug-likeness (QED) is 0.786. The Morgan fingerprint density at radius 1 is 1.14 bits per heavy atom. The SMILES string of the molecule is COc1ccc(/C=C2\COc3cc(C)cc(C)c3C2=O)cc1. The van der Waals surface area contributed by atoms with Crippen molar-refractivity contribution in [2.45, 2.75) is 13.8 Å². The second-order valence-corrected chi connectivity index (χ2v) is 5.52. The Morgan fingerprint density at radius 3 is 2.55 bits per heavy atom. The molecule has 0 amide bonds. The fourth-order valence-electron chi connectivity index (χ4n) is 2.72. The van der Waals surface area contributed by atoms with Crippen LogP contribution < -0.4 is 9.47 Å². The van der Waals surface area contributed by atoms with Crippen molar-refractivity contribution < 1.29 is 14.3 Å². The minimum Gasteiger partial charge on any atom is -0.497 e. The minimum absolute atomic E-state index is 0.0505. The molecule has 22 heavy (non-hydrogen) atoms. The Morgan fingerprint density at radius 2 is 1.86 bits per heavy atom. The fourth-order valence-corrected chi connectivity index (χ4v) is 2.72. The van der Waals surface area contributed by atoms with Crippen molar-refractivity contribution in [2.75, 3.05) is 13.7 Å². The monoisotopic (exact) mass is 294 g/mol. The number of hydrogen-bond donors (Lipinski definition) is 0. The minimum atomic E-state index is 0.0505. The maximum Gasteiger partial charge on any atom is 0.196 e. The third kappa shape index (κ3) is 2.62. The molecule has 3 heteroatoms. The summed E-state index contributed by atoms with van der Waals surface area (Å²) in [5, 5.41) is 0. The molecule has 3 rings (SSSR count). The van der Waals surface area contributed by atoms with Crippen LogP contribution in [-0.4, -0.2) is 19.5 Å². The van der Waals surface area contributed by atoms with E-state index in [4.69, 9.17) is 9.47 Å². The molecule has 2 aromatic rings. The molecule has 0 radical (unpaired) electrons. The molecule has 0 aromatic heterocycles. The van der Waals surface area contributed by atoms with Gasteiger partial charge in [-0.25, -0.2) is 0 Å². The number of ketones is 1. The van der Waals surface area contributed by atoms with Gasteiger partial charge >= 0.3 is 0 Å². The van der Waals surface area contributed by atoms with Crippen molar-refractivity contribution >= 4 is 11.9 Å². The first-order valence-electron chi connectivity index (χ1n) is 7.22. The second-order valence-electron chi connectivity index (χ2n) is 5.52. The summed E-state index contributed by atoms with van der Waals surface area (Å²) in [5.41, 5.74) is 4.37. The van der Waals surface area contributed by atoms with Crippen LogP contribution >= 0.6 is 0 Å². The van der Waals surface area contributed by atoms with E-state index >= 15 is 0 Å². The van der Waals surface area contributed by atoms with Gasteiger partial charge in [-0.05, 0) is 54.8 Å². The summed E-state index contributed by atoms with van der Waals surface area (Å²) in [5.74, 6) is 1.54. The van der Waals surface area contributed by atoms with Gasteiger partial charge in [0.1, 0.15) is 18.1 Å². The van der Waals surface area contributed by atoms with Crippen LogP contribution in [0.1, 0.15) is 27.0 Å². The van der Waals surface area contributed by atoms with Gasteiger partial charge in [-0.15, -0.1) is 0 Å². The molecule has 0 aliphatic carbocycles. The number of carbonyl (C=O) groups is 1. The van der Waals surface area contributed by atoms with Crippen LogP contribution in [0.3, 0.4) is 0 Å². The van der Waals surface area contributed by atoms with E-state index in [1.807, 2.05) is 56.3 Å². The average molecular weight is 294 g/mol. The summed E-state index contributed by atoms with van der Waals surface area (Å²) in [6.07, 6.45) is 1.88. The molecule has 2 aromatic carbocycles. The highest BCUT2D eigenvalue weighted by atomic mass is 16.5. The number of benzene rings is 2. The maximum atomic E-state index is 12.7. The molecule has 3 nitrogen and oxygen atoms in total. The molecule has 112 valence electrons. The van der Waals surface area contributed by atoms with Crippen molar-refractivity contribution in [3.63, 3.8) is 0 Å². The molecule has 0 unspecified atom stereocenters. The van der Waals surface area contributed by atoms with E-state index in [1.54, 1.807) is 7.11 Å². The molecule has 0 bridgehead atoms. The Balaban J connectivity index is 1.96. The predicted molar refractivity (Wildman–Crippen MR) is 86.7 cm³/mol. The third-order valence-electron chi connectivity index (χ3n) is 3.80. The van der Waals surface area contributed by atoms with E-state index in [-0.39, 0.29) is 5.78 Å². The highest BCUT2D eigenvalue weighted by Gasteiger charge is 2.25. The molecule has 1 aliphatic rings. The predicted octanol–water partition coefficient (Wildman–Crippen LogP) is 3.97. The number of rotatable bonds is 2. The van der Waals surface area contributed by atoms with E-state index in [0.29, 0.717) is 23.5 Å². The van der Waals surface area contributed by atoms with Crippen molar-refractivity contribution in [3.8, 4) is 11.5 Å². The molecule has 0 spiro atoms. The number of carbonyl (C=O) groups excluding carboxylic acids is 1. The maximum absolute atomic E-state index is 12.7. The molecular formula is C19H18O3. The van der Waals surface area contributed by atoms with E-state index in [2.05, 4.69) is 0 Å². The lowest BCUT2D eigenvalue weighted by molar-refractivity contribution is 0.1000. The zero-order valence-electron chi connectivity index (χ0n) is 13.0. The Hall–Kier alpha value is -2.55. The van der Waals surface area contributed by atoms with Crippen molar-refractivity contribution in [3.05, 3.63) is 64.2 Å². The van der Waals surface area contributed by atoms with Crippen LogP contribution in [0.25, 0.3) is 6.08 Å². The number of aryl methyl sites for hydroxylation is 2. The molecule has 0 saturated heterocycles. The summed E-state index contributed by atoms with van der Waals surface area (Å²) >= 11 is 0. The van der Waals surface area contributed by atoms with Crippen LogP contribution in [0.5, 0.6) is 11.5 Å². The van der Waals surface area contributed by atoms with Crippen LogP contribution in [0.2, 0.25) is 0 Å². The third-order valence-corrected chi connectivity index (χ3v) is 3.80. The van der Waals surface area contributed by atoms with Gasteiger partial charge in [-0.3, -0.25) is 4.79 Å². The van der Waals surface area contributed by atoms with Crippen molar-refractivity contribution in [1.82, 2.24) is 0 Å². The number of fused-ring (bicyclic) bond motifs is 1. The lowest BCUT2D eigenvalue weighted by Gasteiger charge is -2.21. The molecule has 0 fully saturated rings. The zero-order valence-corrected chi connectivity index (χ0v) is 13.0. The van der Waals surface area contributed by atoms with Crippen molar-refractivity contribution in [1.29, 1.82) is 0 Å². The van der Waals surface area contributed by atoms with Crippen molar-refractivity contribution in [2.24, 2.45) is 0 Å². The van der Waals surface area contributed by atoms with Crippen LogP contribution in [0.15, 0.2) is 42.0 Å². The number of Topliss-reactive ketones (excluding diaryl/α,β-unsaturated/α-hetero) is 1. The zero-order chi connectivity index (χ0) is 15.7. The Labute approximate surface area is 130 Å². The average Bonchev–Trinajstić information content (AvgIpc) is 2.50. The molecule has 0 saturated carbocycles. The van der Waals surface area contributed by atoms with Gasteiger partial charge < -0.3 is 9.47 Å². The van der Waals surface area contributed by atoms with Crippen LogP contribution in [-0.2, 0) is 0 Å². The standard InChI is InChI=1S/C19H18O3/c1-12-8-13(2)18-17(9-12)22-11-15(19(18)20)10-14-4-6-16(21-3)7-5-14/h4-10H,11H2,1-3H3/b15-10+. The number of hydrogen-bond acceptors (Lipinski definition) is 3. The fraction of sp³-hybridized carbons (Fsp3) is 0.211. The van der Waals surface area contributed by atoms with E-state index in [0.717, 1.165) is 22.4 Å². The van der Waals surface area contributed by atoms with E-state index < -0.39 is 0 Å². The van der Waals surface area contributed by atoms with Gasteiger partial charge in [-0.2, -0.15) is 0 Å². The van der Waals surface area contributed by atoms with Gasteiger partial charge in [0.05, 0.1) is 12.7 Å². The summed E-state index contributed by atoms with van der Waals surface area (Å²) in [6, 6.07) is 11.5. The summed E-state index contributed by atoms with van der Waals surface area (Å²) in [6.45, 7) is 4.26. The summed E-state index contributed by atoms with van der Waals surface area (Å²) < 4.78 is 10.9. The van der Waals surface area contributed by atoms with Gasteiger partial charge in [-0.1, -0.05) is 18.2 Å². The molecule has 0 atom stereocenters. The van der Waals surface area contributed by atoms with Gasteiger partial charge in [0.15, 0.2) is 5.78 Å². The Bertz CT molecular complexity index is 755. The molecular weight excluding hydrogens is 276 g/mol. The molecule has 1 aliphatic heterocycles. The van der Waals surface area contributed by atoms with Crippen LogP contribution in [0, 0.1) is 13.8 Å². The lowest BCUT2D eigenvalue weighted by Crippen LogP contribution is -2.20. The first-order valence-corrected chi connectivity index (χ1v) is 7.22. The smallest absolute Gasteiger partial charge is 0.196 e. The van der Waals surface area contributed by atoms with Crippen LogP contribution in [0.4, 0.5) is 0 Å². The lowest BCUT2D eigenvalue weighted by atomic mass is 9.93. The van der Waals surface area contributed by atoms with E-state index in [9.17, 15) is 4.79 Å². The molecule has 0 N–H and O–H groups in total. The number of ether oxygens (including phenoxy) is 2. The highest BCUT2D eigenvalue weighted by molar-refractivity contribution is 6.14. The number of methoxy groups -OCH3 is 1. The highest BCUT2D eigenvalue weighted by Crippen LogP contribution is 2.31. The second kappa shape index (κ2) is 5.68. The van der Waals surface area contributed by atoms with E-state index in [1.165, 1.54) is 0 Å². The Kier molecular flexibility index (Phi) is 3.72. The van der Waals surface area contributed by atoms with Gasteiger partial charge in [0.2, 0.25) is 0 Å². The normalized spacial score (nSPS) is 15.4. The largest absolute Gasteiger partial charge is 0.497 e. The first kappa shape index (κ1) is 14.4. The topological polar surface area (TPSA) is 35.5 Å². The molecule has 1 heterocycles.